The predicted octanol–water partition coefficient (Wildman–Crippen LogP) is 0.222. The Morgan fingerprint density at radius 3 is 2.53 bits per heavy atom. The molecule has 5 N–H and O–H groups in total. The van der Waals surface area contributed by atoms with Crippen LogP contribution in [0, 0.1) is 10.1 Å². The van der Waals surface area contributed by atoms with Gasteiger partial charge in [0.05, 0.1) is 0 Å². The number of nitrogens with one attached hydrogen (secondary N) is 2. The van der Waals surface area contributed by atoms with Gasteiger partial charge < -0.3 is 20.9 Å². The molecule has 170 valence electrons. The summed E-state index contributed by atoms with van der Waals surface area (Å²) in [6.07, 6.45) is 1.44. The maximum absolute atomic E-state index is 12.3. The van der Waals surface area contributed by atoms with E-state index in [1.807, 2.05) is 0 Å². The molecule has 30 heavy (non-hydrogen) atoms. The number of rotatable bonds is 9. The van der Waals surface area contributed by atoms with E-state index < -0.39 is 34.8 Å². The van der Waals surface area contributed by atoms with E-state index >= 15 is 0 Å². The minimum absolute atomic E-state index is 0.0645. The summed E-state index contributed by atoms with van der Waals surface area (Å²) < 4.78 is 5.25. The van der Waals surface area contributed by atoms with Gasteiger partial charge in [-0.3, -0.25) is 9.69 Å². The number of amides is 2. The highest BCUT2D eigenvalue weighted by Gasteiger charge is 2.42. The van der Waals surface area contributed by atoms with Gasteiger partial charge in [0.1, 0.15) is 11.6 Å². The van der Waals surface area contributed by atoms with Gasteiger partial charge in [-0.15, -0.1) is 0 Å². The molecule has 0 spiro atoms. The van der Waals surface area contributed by atoms with Crippen LogP contribution < -0.4 is 16.5 Å². The average molecular weight is 430 g/mol. The molecule has 0 bridgehead atoms. The molecule has 0 aliphatic carbocycles. The van der Waals surface area contributed by atoms with Crippen LogP contribution in [0.1, 0.15) is 52.9 Å². The van der Waals surface area contributed by atoms with Gasteiger partial charge in [0, 0.05) is 32.0 Å². The molecule has 13 heteroatoms. The minimum atomic E-state index is -1.15. The molecule has 1 heterocycles. The highest BCUT2D eigenvalue weighted by atomic mass is 16.7. The summed E-state index contributed by atoms with van der Waals surface area (Å²) >= 11 is 0. The Morgan fingerprint density at radius 2 is 1.97 bits per heavy atom. The quantitative estimate of drug-likeness (QED) is 0.130. The van der Waals surface area contributed by atoms with E-state index in [0.29, 0.717) is 25.8 Å². The van der Waals surface area contributed by atoms with Crippen molar-refractivity contribution >= 4 is 23.9 Å². The van der Waals surface area contributed by atoms with Crippen LogP contribution in [0.25, 0.3) is 0 Å². The number of hydrazine groups is 1. The van der Waals surface area contributed by atoms with Crippen LogP contribution in [0.2, 0.25) is 0 Å². The molecule has 1 fully saturated rings. The summed E-state index contributed by atoms with van der Waals surface area (Å²) in [7, 11) is 0. The van der Waals surface area contributed by atoms with E-state index in [9.17, 15) is 29.6 Å². The number of aliphatic imine (C=N–C) groups is 1. The summed E-state index contributed by atoms with van der Waals surface area (Å²) in [6.45, 7) is 5.43. The zero-order valence-electron chi connectivity index (χ0n) is 17.4. The zero-order valence-corrected chi connectivity index (χ0v) is 17.4. The third-order valence-electron chi connectivity index (χ3n) is 4.13. The van der Waals surface area contributed by atoms with Gasteiger partial charge in [-0.1, -0.05) is 11.8 Å². The number of unbranched alkanes of at least 4 members (excludes halogenated alkanes) is 2. The number of ether oxygens (including phenoxy) is 1. The van der Waals surface area contributed by atoms with Crippen molar-refractivity contribution in [2.75, 3.05) is 13.1 Å². The topological polar surface area (TPSA) is 189 Å². The Bertz CT molecular complexity index is 676. The van der Waals surface area contributed by atoms with Crippen LogP contribution in [0.15, 0.2) is 4.99 Å². The molecule has 0 aromatic carbocycles. The Hall–Kier alpha value is -3.12. The number of hydrogen-bond donors (Lipinski definition) is 4. The van der Waals surface area contributed by atoms with Crippen LogP contribution in [-0.2, 0) is 14.3 Å². The zero-order chi connectivity index (χ0) is 22.9. The number of nitro groups is 1. The summed E-state index contributed by atoms with van der Waals surface area (Å²) in [6, 6.07) is -1.52. The number of guanidine groups is 1. The highest BCUT2D eigenvalue weighted by molar-refractivity contribution is 5.82. The van der Waals surface area contributed by atoms with Crippen LogP contribution in [0.4, 0.5) is 4.79 Å². The lowest BCUT2D eigenvalue weighted by atomic mass is 10.1. The van der Waals surface area contributed by atoms with Crippen molar-refractivity contribution in [1.82, 2.24) is 15.6 Å². The van der Waals surface area contributed by atoms with Gasteiger partial charge in [-0.25, -0.2) is 24.7 Å². The third kappa shape index (κ3) is 9.39. The largest absolute Gasteiger partial charge is 0.480 e. The normalized spacial score (nSPS) is 19.3. The molecule has 0 saturated carbocycles. The third-order valence-corrected chi connectivity index (χ3v) is 4.13. The number of carboxylic acids is 1. The fraction of sp³-hybridized carbons (Fsp3) is 0.765. The number of nitrogens with two attached hydrogens (primary N) is 1. The molecule has 13 nitrogen and oxygen atoms in total. The van der Waals surface area contributed by atoms with Crippen LogP contribution in [0.3, 0.4) is 0 Å². The van der Waals surface area contributed by atoms with Crippen molar-refractivity contribution in [3.63, 3.8) is 0 Å². The molecule has 1 aliphatic heterocycles. The fourth-order valence-electron chi connectivity index (χ4n) is 2.90. The number of carbonyl (C=O) groups excluding carboxylic acids is 2. The monoisotopic (exact) mass is 430 g/mol. The van der Waals surface area contributed by atoms with Crippen molar-refractivity contribution in [2.45, 2.75) is 70.6 Å². The number of carbonyl (C=O) groups is 3. The number of carboxylic acid groups (broad SMARTS) is 1. The first-order chi connectivity index (χ1) is 13.9. The fourth-order valence-corrected chi connectivity index (χ4v) is 2.90. The summed E-state index contributed by atoms with van der Waals surface area (Å²) in [4.78, 5) is 50.9. The van der Waals surface area contributed by atoms with E-state index in [0.717, 1.165) is 4.90 Å². The number of hydrogen-bond acceptors (Lipinski definition) is 7. The highest BCUT2D eigenvalue weighted by Crippen LogP contribution is 2.22. The molecule has 0 aromatic rings. The predicted molar refractivity (Wildman–Crippen MR) is 106 cm³/mol. The van der Waals surface area contributed by atoms with Gasteiger partial charge in [0.15, 0.2) is 5.03 Å². The van der Waals surface area contributed by atoms with Gasteiger partial charge >= 0.3 is 12.1 Å². The van der Waals surface area contributed by atoms with Crippen molar-refractivity contribution < 1.29 is 29.3 Å². The molecular weight excluding hydrogens is 400 g/mol. The molecule has 2 amide bonds. The van der Waals surface area contributed by atoms with E-state index in [-0.39, 0.29) is 31.3 Å². The van der Waals surface area contributed by atoms with Crippen LogP contribution in [0.5, 0.6) is 0 Å². The lowest BCUT2D eigenvalue weighted by Gasteiger charge is -2.26. The Labute approximate surface area is 174 Å². The number of nitrogens with zero attached hydrogens (tertiary/aromatic N) is 3. The van der Waals surface area contributed by atoms with Crippen molar-refractivity contribution in [2.24, 2.45) is 10.7 Å². The van der Waals surface area contributed by atoms with E-state index in [1.54, 1.807) is 26.2 Å². The Balaban J connectivity index is 2.38. The molecule has 0 aromatic heterocycles. The molecule has 0 radical (unpaired) electrons. The maximum Gasteiger partial charge on any atom is 0.411 e. The van der Waals surface area contributed by atoms with E-state index in [2.05, 4.69) is 10.3 Å². The van der Waals surface area contributed by atoms with Crippen molar-refractivity contribution in [3.05, 3.63) is 10.1 Å². The molecule has 2 atom stereocenters. The van der Waals surface area contributed by atoms with Crippen molar-refractivity contribution in [3.8, 4) is 0 Å². The van der Waals surface area contributed by atoms with Crippen molar-refractivity contribution in [1.29, 1.82) is 0 Å². The van der Waals surface area contributed by atoms with Crippen LogP contribution >= 0.6 is 0 Å². The lowest BCUT2D eigenvalue weighted by Crippen LogP contribution is -2.44. The van der Waals surface area contributed by atoms with Crippen LogP contribution in [-0.4, -0.2) is 69.7 Å². The lowest BCUT2D eigenvalue weighted by molar-refractivity contribution is -0.525. The summed E-state index contributed by atoms with van der Waals surface area (Å²) in [5, 5.41) is 21.5. The second-order valence-corrected chi connectivity index (χ2v) is 7.93. The number of aliphatic carboxylic acids is 1. The minimum Gasteiger partial charge on any atom is -0.480 e. The Kier molecular flexibility index (Phi) is 9.27. The first-order valence-corrected chi connectivity index (χ1v) is 9.62. The molecule has 1 saturated heterocycles. The summed E-state index contributed by atoms with van der Waals surface area (Å²) in [5.74, 6) is -1.67. The first kappa shape index (κ1) is 24.9. The smallest absolute Gasteiger partial charge is 0.411 e. The average Bonchev–Trinajstić information content (AvgIpc) is 3.00. The molecule has 1 aliphatic rings. The second kappa shape index (κ2) is 11.2. The molecule has 0 unspecified atom stereocenters. The maximum atomic E-state index is 12.3. The van der Waals surface area contributed by atoms with Gasteiger partial charge in [-0.05, 0) is 33.6 Å². The van der Waals surface area contributed by atoms with Gasteiger partial charge in [-0.2, -0.15) is 0 Å². The Morgan fingerprint density at radius 1 is 1.30 bits per heavy atom. The van der Waals surface area contributed by atoms with E-state index in [1.165, 1.54) is 0 Å². The second-order valence-electron chi connectivity index (χ2n) is 7.93. The molecule has 1 rings (SSSR count). The standard InChI is InChI=1S/C17H30N6O7/c1-17(2,3)30-16(27)22-10-11(9-12(22)14(25)26)20-13(24)7-5-4-6-8-19-15(18)21-23(28)29/h11-12H,4-10H2,1-3H3,(H,20,24)(H,25,26)(H3,18,19,21)/t11-,12-/m0/s1. The SMILES string of the molecule is CC(C)(C)OC(=O)N1C[C@@H](NC(=O)CCCCCN=C(N)N[N+](=O)[O-])C[C@H]1C(=O)O. The first-order valence-electron chi connectivity index (χ1n) is 9.62. The van der Waals surface area contributed by atoms with Gasteiger partial charge in [0.2, 0.25) is 5.91 Å². The summed E-state index contributed by atoms with van der Waals surface area (Å²) in [5.41, 5.74) is 6.26. The van der Waals surface area contributed by atoms with E-state index in [4.69, 9.17) is 10.5 Å². The molecular formula is C17H30N6O7. The number of likely N-dealkylation sites (tertiary alicyclic amines) is 1. The van der Waals surface area contributed by atoms with Gasteiger partial charge in [0.25, 0.3) is 5.96 Å².